The van der Waals surface area contributed by atoms with Gasteiger partial charge in [-0.05, 0) is 67.5 Å². The van der Waals surface area contributed by atoms with Gasteiger partial charge in [-0.1, -0.05) is 63.5 Å². The smallest absolute Gasteiger partial charge is 0.330 e. The van der Waals surface area contributed by atoms with Crippen LogP contribution in [0.2, 0.25) is 0 Å². The van der Waals surface area contributed by atoms with E-state index in [-0.39, 0.29) is 11.9 Å². The third-order valence-electron chi connectivity index (χ3n) is 5.48. The lowest BCUT2D eigenvalue weighted by Gasteiger charge is -2.09. The molecule has 2 aromatic carbocycles. The van der Waals surface area contributed by atoms with Crippen LogP contribution in [0.25, 0.3) is 11.1 Å². The van der Waals surface area contributed by atoms with Gasteiger partial charge in [0.25, 0.3) is 0 Å². The molecule has 0 atom stereocenters. The predicted octanol–water partition coefficient (Wildman–Crippen LogP) is 7.29. The molecule has 0 N–H and O–H groups in total. The van der Waals surface area contributed by atoms with Crippen LogP contribution in [0.1, 0.15) is 71.1 Å². The Morgan fingerprint density at radius 1 is 0.735 bits per heavy atom. The minimum atomic E-state index is -0.366. The molecular weight excluding hydrogens is 428 g/mol. The van der Waals surface area contributed by atoms with Crippen LogP contribution in [0.4, 0.5) is 0 Å². The molecule has 0 radical (unpaired) electrons. The highest BCUT2D eigenvalue weighted by molar-refractivity contribution is 5.81. The highest BCUT2D eigenvalue weighted by Crippen LogP contribution is 2.25. The van der Waals surface area contributed by atoms with E-state index >= 15 is 0 Å². The minimum absolute atomic E-state index is 0.165. The van der Waals surface area contributed by atoms with E-state index in [1.54, 1.807) is 0 Å². The van der Waals surface area contributed by atoms with Gasteiger partial charge in [0.15, 0.2) is 0 Å². The summed E-state index contributed by atoms with van der Waals surface area (Å²) in [6.45, 7) is 6.65. The van der Waals surface area contributed by atoms with Crippen molar-refractivity contribution in [3.8, 4) is 22.6 Å². The number of ether oxygens (including phenoxy) is 3. The van der Waals surface area contributed by atoms with Crippen molar-refractivity contribution in [3.05, 3.63) is 61.2 Å². The molecule has 0 heterocycles. The second-order valence-corrected chi connectivity index (χ2v) is 8.32. The predicted molar refractivity (Wildman–Crippen MR) is 136 cm³/mol. The average Bonchev–Trinajstić information content (AvgIpc) is 2.86. The first-order valence-electron chi connectivity index (χ1n) is 12.5. The molecule has 0 saturated heterocycles. The van der Waals surface area contributed by atoms with Gasteiger partial charge in [0.2, 0.25) is 0 Å². The summed E-state index contributed by atoms with van der Waals surface area (Å²) in [5.41, 5.74) is 2.14. The van der Waals surface area contributed by atoms with E-state index in [9.17, 15) is 9.59 Å². The summed E-state index contributed by atoms with van der Waals surface area (Å²) in [6.07, 6.45) is 11.1. The summed E-state index contributed by atoms with van der Waals surface area (Å²) in [4.78, 5) is 22.9. The summed E-state index contributed by atoms with van der Waals surface area (Å²) in [7, 11) is 0. The molecular formula is C29H38O5. The molecule has 0 fully saturated rings. The monoisotopic (exact) mass is 466 g/mol. The highest BCUT2D eigenvalue weighted by Gasteiger charge is 2.06. The van der Waals surface area contributed by atoms with E-state index in [1.807, 2.05) is 48.5 Å². The minimum Gasteiger partial charge on any atom is -0.494 e. The number of unbranched alkanes of at least 4 members (excludes halogenated alkanes) is 7. The number of esters is 2. The molecule has 0 aliphatic rings. The van der Waals surface area contributed by atoms with Crippen molar-refractivity contribution in [1.29, 1.82) is 0 Å². The molecule has 0 saturated carbocycles. The van der Waals surface area contributed by atoms with Gasteiger partial charge in [-0.2, -0.15) is 0 Å². The molecule has 0 aliphatic heterocycles. The van der Waals surface area contributed by atoms with Crippen LogP contribution in [0.15, 0.2) is 61.2 Å². The van der Waals surface area contributed by atoms with E-state index in [0.717, 1.165) is 55.4 Å². The molecule has 5 nitrogen and oxygen atoms in total. The molecule has 5 heteroatoms. The second-order valence-electron chi connectivity index (χ2n) is 8.32. The van der Waals surface area contributed by atoms with Crippen LogP contribution in [0, 0.1) is 0 Å². The molecule has 0 aliphatic carbocycles. The van der Waals surface area contributed by atoms with Gasteiger partial charge in [-0.25, -0.2) is 4.79 Å². The third-order valence-corrected chi connectivity index (χ3v) is 5.48. The molecule has 0 amide bonds. The Hall–Kier alpha value is -3.08. The lowest BCUT2D eigenvalue weighted by atomic mass is 10.1. The standard InChI is InChI=1S/C29H38O5/c1-3-5-6-7-10-13-29(31)34-27-20-16-25(17-21-27)24-14-18-26(19-15-24)32-22-11-8-9-12-23-33-28(30)4-2/h4,14-21H,2-3,5-13,22-23H2,1H3. The fraction of sp³-hybridized carbons (Fsp3) is 0.448. The summed E-state index contributed by atoms with van der Waals surface area (Å²) in [5, 5.41) is 0. The van der Waals surface area contributed by atoms with Crippen molar-refractivity contribution in [1.82, 2.24) is 0 Å². The van der Waals surface area contributed by atoms with E-state index in [4.69, 9.17) is 14.2 Å². The quantitative estimate of drug-likeness (QED) is 0.106. The van der Waals surface area contributed by atoms with Gasteiger partial charge in [0, 0.05) is 12.5 Å². The van der Waals surface area contributed by atoms with Gasteiger partial charge in [-0.15, -0.1) is 0 Å². The van der Waals surface area contributed by atoms with Gasteiger partial charge in [0.1, 0.15) is 11.5 Å². The van der Waals surface area contributed by atoms with Crippen LogP contribution in [-0.4, -0.2) is 25.2 Å². The highest BCUT2D eigenvalue weighted by atomic mass is 16.5. The molecule has 2 aromatic rings. The molecule has 0 spiro atoms. The zero-order valence-corrected chi connectivity index (χ0v) is 20.4. The molecule has 0 bridgehead atoms. The van der Waals surface area contributed by atoms with E-state index in [1.165, 1.54) is 25.3 Å². The molecule has 2 rings (SSSR count). The topological polar surface area (TPSA) is 61.8 Å². The average molecular weight is 467 g/mol. The Morgan fingerprint density at radius 2 is 1.29 bits per heavy atom. The van der Waals surface area contributed by atoms with Crippen molar-refractivity contribution in [2.75, 3.05) is 13.2 Å². The maximum absolute atomic E-state index is 12.0. The number of hydrogen-bond acceptors (Lipinski definition) is 5. The third kappa shape index (κ3) is 11.2. The van der Waals surface area contributed by atoms with Crippen molar-refractivity contribution in [3.63, 3.8) is 0 Å². The fourth-order valence-corrected chi connectivity index (χ4v) is 3.49. The summed E-state index contributed by atoms with van der Waals surface area (Å²) < 4.78 is 16.2. The molecule has 0 unspecified atom stereocenters. The number of hydrogen-bond donors (Lipinski definition) is 0. The van der Waals surface area contributed by atoms with Gasteiger partial charge in [-0.3, -0.25) is 4.79 Å². The zero-order chi connectivity index (χ0) is 24.4. The van der Waals surface area contributed by atoms with Crippen molar-refractivity contribution in [2.45, 2.75) is 71.1 Å². The molecule has 184 valence electrons. The lowest BCUT2D eigenvalue weighted by Crippen LogP contribution is -2.07. The van der Waals surface area contributed by atoms with E-state index < -0.39 is 0 Å². The first kappa shape index (κ1) is 27.2. The van der Waals surface area contributed by atoms with Crippen LogP contribution >= 0.6 is 0 Å². The lowest BCUT2D eigenvalue weighted by molar-refractivity contribution is -0.138. The van der Waals surface area contributed by atoms with Gasteiger partial charge < -0.3 is 14.2 Å². The van der Waals surface area contributed by atoms with Crippen LogP contribution in [-0.2, 0) is 14.3 Å². The van der Waals surface area contributed by atoms with Crippen molar-refractivity contribution < 1.29 is 23.8 Å². The molecule has 34 heavy (non-hydrogen) atoms. The second kappa shape index (κ2) is 16.5. The van der Waals surface area contributed by atoms with E-state index in [0.29, 0.717) is 25.4 Å². The van der Waals surface area contributed by atoms with Crippen molar-refractivity contribution >= 4 is 11.9 Å². The van der Waals surface area contributed by atoms with Gasteiger partial charge in [0.05, 0.1) is 13.2 Å². The number of carbonyl (C=O) groups excluding carboxylic acids is 2. The summed E-state index contributed by atoms with van der Waals surface area (Å²) >= 11 is 0. The van der Waals surface area contributed by atoms with Crippen molar-refractivity contribution in [2.24, 2.45) is 0 Å². The van der Waals surface area contributed by atoms with Gasteiger partial charge >= 0.3 is 11.9 Å². The van der Waals surface area contributed by atoms with Crippen LogP contribution in [0.5, 0.6) is 11.5 Å². The van der Waals surface area contributed by atoms with Crippen LogP contribution in [0.3, 0.4) is 0 Å². The first-order chi connectivity index (χ1) is 16.6. The normalized spacial score (nSPS) is 10.5. The Kier molecular flexibility index (Phi) is 13.2. The Bertz CT molecular complexity index is 855. The first-order valence-corrected chi connectivity index (χ1v) is 12.5. The maximum atomic E-state index is 12.0. The Balaban J connectivity index is 1.65. The largest absolute Gasteiger partial charge is 0.494 e. The summed E-state index contributed by atoms with van der Waals surface area (Å²) in [5.74, 6) is 0.894. The fourth-order valence-electron chi connectivity index (χ4n) is 3.49. The van der Waals surface area contributed by atoms with Crippen LogP contribution < -0.4 is 9.47 Å². The number of rotatable bonds is 17. The number of benzene rings is 2. The Labute approximate surface area is 204 Å². The SMILES string of the molecule is C=CC(=O)OCCCCCCOc1ccc(-c2ccc(OC(=O)CCCCCCC)cc2)cc1. The molecule has 0 aromatic heterocycles. The zero-order valence-electron chi connectivity index (χ0n) is 20.4. The van der Waals surface area contributed by atoms with E-state index in [2.05, 4.69) is 13.5 Å². The Morgan fingerprint density at radius 3 is 1.91 bits per heavy atom. The maximum Gasteiger partial charge on any atom is 0.330 e. The number of carbonyl (C=O) groups is 2. The summed E-state index contributed by atoms with van der Waals surface area (Å²) in [6, 6.07) is 15.6.